The second-order valence-electron chi connectivity index (χ2n) is 6.94. The Morgan fingerprint density at radius 2 is 2.09 bits per heavy atom. The molecule has 1 aliphatic heterocycles. The molecule has 6 heteroatoms. The lowest BCUT2D eigenvalue weighted by atomic mass is 10.2. The highest BCUT2D eigenvalue weighted by Gasteiger charge is 2.17. The first-order chi connectivity index (χ1) is 11.0. The fourth-order valence-electron chi connectivity index (χ4n) is 2.45. The van der Waals surface area contributed by atoms with Crippen molar-refractivity contribution < 1.29 is 14.0 Å². The van der Waals surface area contributed by atoms with E-state index in [-0.39, 0.29) is 0 Å². The Bertz CT molecular complexity index is 488. The summed E-state index contributed by atoms with van der Waals surface area (Å²) in [6.07, 6.45) is 0. The van der Waals surface area contributed by atoms with Crippen LogP contribution in [0.1, 0.15) is 0 Å². The van der Waals surface area contributed by atoms with E-state index in [1.54, 1.807) is 0 Å². The van der Waals surface area contributed by atoms with Crippen molar-refractivity contribution in [2.45, 2.75) is 0 Å². The summed E-state index contributed by atoms with van der Waals surface area (Å²) in [6, 6.07) is 5.86. The Morgan fingerprint density at radius 1 is 1.26 bits per heavy atom. The first kappa shape index (κ1) is 17.8. The van der Waals surface area contributed by atoms with Crippen LogP contribution in [-0.4, -0.2) is 78.2 Å². The van der Waals surface area contributed by atoms with Gasteiger partial charge in [-0.05, 0) is 12.1 Å². The van der Waals surface area contributed by atoms with E-state index < -0.39 is 0 Å². The van der Waals surface area contributed by atoms with Gasteiger partial charge in [-0.1, -0.05) is 0 Å². The van der Waals surface area contributed by atoms with Crippen molar-refractivity contribution in [3.63, 3.8) is 0 Å². The highest BCUT2D eigenvalue weighted by atomic mass is 16.5. The number of hydrogen-bond acceptors (Lipinski definition) is 5. The van der Waals surface area contributed by atoms with E-state index >= 15 is 0 Å². The molecule has 1 aromatic carbocycles. The molecule has 130 valence electrons. The summed E-state index contributed by atoms with van der Waals surface area (Å²) in [7, 11) is 6.53. The van der Waals surface area contributed by atoms with Gasteiger partial charge in [-0.3, -0.25) is 0 Å². The van der Waals surface area contributed by atoms with Gasteiger partial charge >= 0.3 is 0 Å². The summed E-state index contributed by atoms with van der Waals surface area (Å²) >= 11 is 0. The van der Waals surface area contributed by atoms with E-state index in [0.717, 1.165) is 67.5 Å². The molecule has 0 amide bonds. The third kappa shape index (κ3) is 6.25. The number of fused-ring (bicyclic) bond motifs is 1. The van der Waals surface area contributed by atoms with Crippen molar-refractivity contribution in [1.29, 1.82) is 0 Å². The van der Waals surface area contributed by atoms with Gasteiger partial charge in [0.05, 0.1) is 46.6 Å². The molecule has 0 saturated heterocycles. The van der Waals surface area contributed by atoms with Crippen molar-refractivity contribution in [2.24, 2.45) is 0 Å². The summed E-state index contributed by atoms with van der Waals surface area (Å²) in [5, 5.41) is 3.44. The summed E-state index contributed by atoms with van der Waals surface area (Å²) in [6.45, 7) is 7.01. The van der Waals surface area contributed by atoms with Gasteiger partial charge in [0.1, 0.15) is 18.9 Å². The summed E-state index contributed by atoms with van der Waals surface area (Å²) < 4.78 is 12.3. The quantitative estimate of drug-likeness (QED) is 0.400. The molecule has 0 aliphatic carbocycles. The lowest BCUT2D eigenvalue weighted by Crippen LogP contribution is -2.39. The summed E-state index contributed by atoms with van der Waals surface area (Å²) in [4.78, 5) is 2.34. The lowest BCUT2D eigenvalue weighted by molar-refractivity contribution is -0.870. The van der Waals surface area contributed by atoms with E-state index in [9.17, 15) is 0 Å². The minimum atomic E-state index is 0.713. The van der Waals surface area contributed by atoms with Crippen molar-refractivity contribution in [1.82, 2.24) is 5.32 Å². The van der Waals surface area contributed by atoms with E-state index in [1.165, 1.54) is 0 Å². The van der Waals surface area contributed by atoms with Crippen molar-refractivity contribution in [3.8, 4) is 5.75 Å². The molecule has 1 aromatic rings. The number of benzene rings is 1. The van der Waals surface area contributed by atoms with Crippen molar-refractivity contribution in [2.75, 3.05) is 84.3 Å². The second-order valence-corrected chi connectivity index (χ2v) is 6.94. The average molecular weight is 323 g/mol. The number of ether oxygens (including phenoxy) is 2. The molecule has 0 aromatic heterocycles. The van der Waals surface area contributed by atoms with Gasteiger partial charge in [-0.2, -0.15) is 0 Å². The van der Waals surface area contributed by atoms with Gasteiger partial charge in [0.25, 0.3) is 0 Å². The first-order valence-electron chi connectivity index (χ1n) is 8.32. The predicted molar refractivity (Wildman–Crippen MR) is 95.2 cm³/mol. The van der Waals surface area contributed by atoms with Crippen LogP contribution in [0.4, 0.5) is 11.4 Å². The lowest BCUT2D eigenvalue weighted by Gasteiger charge is -2.31. The maximum atomic E-state index is 5.81. The normalized spacial score (nSPS) is 14.5. The number of nitrogens with zero attached hydrogens (tertiary/aromatic N) is 2. The minimum Gasteiger partial charge on any atom is -0.489 e. The molecule has 0 atom stereocenters. The zero-order valence-corrected chi connectivity index (χ0v) is 14.7. The molecule has 0 fully saturated rings. The zero-order chi connectivity index (χ0) is 16.7. The Kier molecular flexibility index (Phi) is 6.50. The van der Waals surface area contributed by atoms with Crippen molar-refractivity contribution in [3.05, 3.63) is 18.2 Å². The van der Waals surface area contributed by atoms with Crippen LogP contribution in [0.15, 0.2) is 18.2 Å². The monoisotopic (exact) mass is 323 g/mol. The highest BCUT2D eigenvalue weighted by molar-refractivity contribution is 5.65. The van der Waals surface area contributed by atoms with Gasteiger partial charge < -0.3 is 29.9 Å². The fraction of sp³-hybridized carbons (Fsp3) is 0.647. The molecule has 23 heavy (non-hydrogen) atoms. The maximum absolute atomic E-state index is 5.81. The van der Waals surface area contributed by atoms with Crippen LogP contribution in [-0.2, 0) is 4.74 Å². The SMILES string of the molecule is C[N+](C)(C)CCOCCNCCN1CCOc2cc(N)ccc21. The van der Waals surface area contributed by atoms with Crippen LogP contribution in [0.5, 0.6) is 5.75 Å². The van der Waals surface area contributed by atoms with Crippen LogP contribution < -0.4 is 20.7 Å². The molecule has 1 aliphatic rings. The van der Waals surface area contributed by atoms with Gasteiger partial charge in [-0.15, -0.1) is 0 Å². The molecule has 6 nitrogen and oxygen atoms in total. The topological polar surface area (TPSA) is 59.8 Å². The van der Waals surface area contributed by atoms with Crippen LogP contribution in [0.2, 0.25) is 0 Å². The Labute approximate surface area is 139 Å². The maximum Gasteiger partial charge on any atom is 0.144 e. The highest BCUT2D eigenvalue weighted by Crippen LogP contribution is 2.32. The van der Waals surface area contributed by atoms with E-state index in [0.29, 0.717) is 6.61 Å². The summed E-state index contributed by atoms with van der Waals surface area (Å²) in [5.41, 5.74) is 7.68. The third-order valence-corrected chi connectivity index (χ3v) is 3.83. The van der Waals surface area contributed by atoms with Crippen LogP contribution >= 0.6 is 0 Å². The number of nitrogens with one attached hydrogen (secondary N) is 1. The molecule has 1 heterocycles. The number of rotatable bonds is 9. The molecule has 0 radical (unpaired) electrons. The van der Waals surface area contributed by atoms with Crippen LogP contribution in [0, 0.1) is 0 Å². The molecular formula is C17H31N4O2+. The largest absolute Gasteiger partial charge is 0.489 e. The molecule has 0 bridgehead atoms. The molecule has 0 unspecified atom stereocenters. The Morgan fingerprint density at radius 3 is 2.87 bits per heavy atom. The number of quaternary nitrogens is 1. The third-order valence-electron chi connectivity index (χ3n) is 3.83. The first-order valence-corrected chi connectivity index (χ1v) is 8.32. The smallest absolute Gasteiger partial charge is 0.144 e. The number of nitrogen functional groups attached to an aromatic ring is 1. The van der Waals surface area contributed by atoms with Gasteiger partial charge in [0.15, 0.2) is 0 Å². The van der Waals surface area contributed by atoms with Gasteiger partial charge in [-0.25, -0.2) is 0 Å². The molecule has 2 rings (SSSR count). The second kappa shape index (κ2) is 8.38. The number of likely N-dealkylation sites (N-methyl/N-ethyl adjacent to an activating group) is 1. The number of nitrogens with two attached hydrogens (primary N) is 1. The van der Waals surface area contributed by atoms with Crippen LogP contribution in [0.3, 0.4) is 0 Å². The van der Waals surface area contributed by atoms with E-state index in [4.69, 9.17) is 15.2 Å². The molecule has 0 saturated carbocycles. The van der Waals surface area contributed by atoms with Crippen molar-refractivity contribution >= 4 is 11.4 Å². The van der Waals surface area contributed by atoms with Gasteiger partial charge in [0.2, 0.25) is 0 Å². The standard InChI is InChI=1S/C17H31N4O2/c1-21(2,3)10-13-22-11-7-19-6-8-20-9-12-23-17-14-15(18)4-5-16(17)20/h4-5,14,19H,6-13,18H2,1-3H3/q+1. The number of anilines is 2. The average Bonchev–Trinajstić information content (AvgIpc) is 2.48. The number of hydrogen-bond donors (Lipinski definition) is 2. The van der Waals surface area contributed by atoms with Crippen LogP contribution in [0.25, 0.3) is 0 Å². The Balaban J connectivity index is 1.61. The fourth-order valence-corrected chi connectivity index (χ4v) is 2.45. The zero-order valence-electron chi connectivity index (χ0n) is 14.7. The van der Waals surface area contributed by atoms with E-state index in [1.807, 2.05) is 18.2 Å². The minimum absolute atomic E-state index is 0.713. The molecule has 0 spiro atoms. The summed E-state index contributed by atoms with van der Waals surface area (Å²) in [5.74, 6) is 0.889. The van der Waals surface area contributed by atoms with Gasteiger partial charge in [0, 0.05) is 31.4 Å². The molecular weight excluding hydrogens is 292 g/mol. The van der Waals surface area contributed by atoms with E-state index in [2.05, 4.69) is 31.4 Å². The predicted octanol–water partition coefficient (Wildman–Crippen LogP) is 0.780. The Hall–Kier alpha value is -1.50. The molecule has 3 N–H and O–H groups in total.